The van der Waals surface area contributed by atoms with E-state index in [1.54, 1.807) is 6.07 Å². The highest BCUT2D eigenvalue weighted by Crippen LogP contribution is 2.41. The van der Waals surface area contributed by atoms with Gasteiger partial charge in [0.15, 0.2) is 29.1 Å². The van der Waals surface area contributed by atoms with Crippen LogP contribution >= 0.6 is 0 Å². The molecule has 21 nitrogen and oxygen atoms in total. The molecule has 312 valence electrons. The van der Waals surface area contributed by atoms with Crippen LogP contribution in [0.4, 0.5) is 5.82 Å². The molecule has 58 heavy (non-hydrogen) atoms. The first-order chi connectivity index (χ1) is 27.4. The molecule has 10 unspecified atom stereocenters. The predicted molar refractivity (Wildman–Crippen MR) is 192 cm³/mol. The minimum Gasteiger partial charge on any atom is -0.507 e. The topological polar surface area (TPSA) is 363 Å². The van der Waals surface area contributed by atoms with E-state index in [0.717, 1.165) is 18.2 Å². The second-order valence-corrected chi connectivity index (χ2v) is 13.6. The fraction of sp³-hybridized carbons (Fsp3) is 0.405. The van der Waals surface area contributed by atoms with Gasteiger partial charge in [-0.2, -0.15) is 0 Å². The van der Waals surface area contributed by atoms with Crippen molar-refractivity contribution in [2.75, 3.05) is 12.3 Å². The van der Waals surface area contributed by atoms with E-state index in [1.165, 1.54) is 12.3 Å². The summed E-state index contributed by atoms with van der Waals surface area (Å²) in [5, 5.41) is 114. The van der Waals surface area contributed by atoms with E-state index < -0.39 is 103 Å². The summed E-state index contributed by atoms with van der Waals surface area (Å²) in [5.41, 5.74) is 6.00. The third-order valence-corrected chi connectivity index (χ3v) is 9.80. The molecule has 0 aliphatic carbocycles. The number of carbonyl (C=O) groups is 2. The quantitative estimate of drug-likeness (QED) is 0.0568. The minimum absolute atomic E-state index is 0.0755. The van der Waals surface area contributed by atoms with Crippen molar-refractivity contribution in [2.45, 2.75) is 87.6 Å². The maximum atomic E-state index is 13.6. The van der Waals surface area contributed by atoms with Crippen molar-refractivity contribution in [3.05, 3.63) is 69.0 Å². The lowest BCUT2D eigenvalue weighted by Gasteiger charge is -2.41. The number of phenols is 3. The number of anilines is 1. The molecule has 21 heteroatoms. The van der Waals surface area contributed by atoms with E-state index in [0.29, 0.717) is 17.5 Å². The summed E-state index contributed by atoms with van der Waals surface area (Å²) in [4.78, 5) is 42.6. The van der Waals surface area contributed by atoms with Crippen LogP contribution in [0.2, 0.25) is 0 Å². The number of nitrogens with two attached hydrogens (primary N) is 1. The molecule has 0 saturated carbocycles. The monoisotopic (exact) mass is 816 g/mol. The first-order valence-corrected chi connectivity index (χ1v) is 17.7. The minimum atomic E-state index is -2.25. The van der Waals surface area contributed by atoms with Crippen molar-refractivity contribution < 1.29 is 89.1 Å². The number of nitrogens with zero attached hydrogens (tertiary/aromatic N) is 1. The van der Waals surface area contributed by atoms with Gasteiger partial charge in [-0.25, -0.2) is 14.6 Å². The van der Waals surface area contributed by atoms with E-state index in [1.807, 2.05) is 6.92 Å². The van der Waals surface area contributed by atoms with Crippen molar-refractivity contribution in [3.8, 4) is 34.3 Å². The average molecular weight is 817 g/mol. The SMILES string of the molecule is CCc1cc(Cc2c(OC3OC(C(=O)OC4OC(C(=O)O)C(O)C(O)C4O)C(O)C(O)C3O)cc3oc(-c4cc(O)c(O)c(CCO)c4)cc(=O)c3c2O)cnc1N. The van der Waals surface area contributed by atoms with Crippen molar-refractivity contribution in [2.24, 2.45) is 0 Å². The number of aryl methyl sites for hydroxylation is 1. The number of hydrogen-bond acceptors (Lipinski definition) is 20. The maximum absolute atomic E-state index is 13.6. The molecule has 0 radical (unpaired) electrons. The van der Waals surface area contributed by atoms with Gasteiger partial charge in [0, 0.05) is 48.0 Å². The van der Waals surface area contributed by atoms with Gasteiger partial charge in [0.25, 0.3) is 0 Å². The van der Waals surface area contributed by atoms with Crippen LogP contribution in [0.5, 0.6) is 23.0 Å². The number of esters is 1. The Labute approximate surface area is 325 Å². The molecule has 4 aromatic rings. The number of aromatic hydroxyl groups is 3. The van der Waals surface area contributed by atoms with Crippen molar-refractivity contribution >= 4 is 28.7 Å². The number of carboxylic acid groups (broad SMARTS) is 1. The van der Waals surface area contributed by atoms with Crippen LogP contribution in [0.1, 0.15) is 29.2 Å². The Morgan fingerprint density at radius 1 is 0.828 bits per heavy atom. The zero-order valence-electron chi connectivity index (χ0n) is 30.3. The molecule has 0 amide bonds. The van der Waals surface area contributed by atoms with Gasteiger partial charge in [0.05, 0.1) is 0 Å². The van der Waals surface area contributed by atoms with Gasteiger partial charge in [-0.15, -0.1) is 0 Å². The summed E-state index contributed by atoms with van der Waals surface area (Å²) < 4.78 is 27.4. The van der Waals surface area contributed by atoms with Crippen molar-refractivity contribution in [3.63, 3.8) is 0 Å². The number of phenolic OH excluding ortho intramolecular Hbond substituents is 3. The van der Waals surface area contributed by atoms with Crippen LogP contribution in [0.3, 0.4) is 0 Å². The van der Waals surface area contributed by atoms with Crippen LogP contribution in [0.25, 0.3) is 22.3 Å². The van der Waals surface area contributed by atoms with Gasteiger partial charge >= 0.3 is 11.9 Å². The molecule has 2 fully saturated rings. The first kappa shape index (κ1) is 42.0. The Balaban J connectivity index is 1.40. The Morgan fingerprint density at radius 2 is 1.48 bits per heavy atom. The summed E-state index contributed by atoms with van der Waals surface area (Å²) in [6.07, 6.45) is -20.3. The third kappa shape index (κ3) is 7.94. The molecule has 0 bridgehead atoms. The van der Waals surface area contributed by atoms with Gasteiger partial charge in [-0.3, -0.25) is 4.79 Å². The Bertz CT molecular complexity index is 2260. The van der Waals surface area contributed by atoms with Gasteiger partial charge in [-0.05, 0) is 36.1 Å². The Morgan fingerprint density at radius 3 is 2.14 bits per heavy atom. The molecule has 2 aliphatic rings. The number of aliphatic hydroxyl groups excluding tert-OH is 7. The summed E-state index contributed by atoms with van der Waals surface area (Å²) in [6.45, 7) is 1.43. The zero-order valence-corrected chi connectivity index (χ0v) is 30.3. The number of nitrogen functional groups attached to an aromatic ring is 1. The maximum Gasteiger partial charge on any atom is 0.340 e. The van der Waals surface area contributed by atoms with E-state index in [9.17, 15) is 70.6 Å². The number of aromatic nitrogens is 1. The lowest BCUT2D eigenvalue weighted by molar-refractivity contribution is -0.302. The summed E-state index contributed by atoms with van der Waals surface area (Å²) in [5.74, 6) is -5.49. The highest BCUT2D eigenvalue weighted by molar-refractivity contribution is 5.88. The molecule has 2 aromatic carbocycles. The number of benzene rings is 2. The Kier molecular flexibility index (Phi) is 12.1. The van der Waals surface area contributed by atoms with E-state index >= 15 is 0 Å². The number of carbonyl (C=O) groups excluding carboxylic acids is 1. The van der Waals surface area contributed by atoms with Crippen LogP contribution in [-0.2, 0) is 43.1 Å². The van der Waals surface area contributed by atoms with Crippen LogP contribution in [-0.4, -0.2) is 141 Å². The molecule has 6 rings (SSSR count). The standard InChI is InChI=1S/C37H40N2O19/c1-2-13-5-12(11-39-33(13)38)6-16-20(10-21-22(24(16)44)17(41)9-19(54-21)15-7-14(3-4-40)23(43)18(42)8-15)55-36-29(49)26(46)28(48)32(57-36)35(53)58-37-30(50)25(45)27(47)31(56-37)34(51)52/h5,7-11,25-32,36-37,40,42-50H,2-4,6H2,1H3,(H2,38,39)(H,51,52). The highest BCUT2D eigenvalue weighted by atomic mass is 16.7. The number of hydrogen-bond donors (Lipinski definition) is 12. The molecule has 4 heterocycles. The van der Waals surface area contributed by atoms with E-state index in [2.05, 4.69) is 4.98 Å². The molecule has 13 N–H and O–H groups in total. The van der Waals surface area contributed by atoms with E-state index in [4.69, 9.17) is 29.1 Å². The van der Waals surface area contributed by atoms with Crippen LogP contribution < -0.4 is 15.9 Å². The van der Waals surface area contributed by atoms with Gasteiger partial charge in [0.1, 0.15) is 70.7 Å². The Hall–Kier alpha value is -5.62. The highest BCUT2D eigenvalue weighted by Gasteiger charge is 2.52. The fourth-order valence-corrected chi connectivity index (χ4v) is 6.62. The number of ether oxygens (including phenoxy) is 4. The van der Waals surface area contributed by atoms with Crippen LogP contribution in [0, 0.1) is 0 Å². The second-order valence-electron chi connectivity index (χ2n) is 13.6. The largest absolute Gasteiger partial charge is 0.507 e. The van der Waals surface area contributed by atoms with Crippen molar-refractivity contribution in [1.29, 1.82) is 0 Å². The van der Waals surface area contributed by atoms with Gasteiger partial charge in [0.2, 0.25) is 12.6 Å². The lowest BCUT2D eigenvalue weighted by atomic mass is 9.97. The smallest absolute Gasteiger partial charge is 0.340 e. The average Bonchev–Trinajstić information content (AvgIpc) is 3.18. The molecular formula is C37H40N2O19. The number of carboxylic acids is 1. The second kappa shape index (κ2) is 16.7. The normalized spacial score (nSPS) is 27.3. The molecule has 0 spiro atoms. The molecule has 10 atom stereocenters. The first-order valence-electron chi connectivity index (χ1n) is 17.7. The number of fused-ring (bicyclic) bond motifs is 1. The molecule has 2 aliphatic heterocycles. The molecule has 2 saturated heterocycles. The molecule has 2 aromatic heterocycles. The number of aliphatic carboxylic acids is 1. The van der Waals surface area contributed by atoms with Crippen LogP contribution in [0.15, 0.2) is 45.7 Å². The third-order valence-electron chi connectivity index (χ3n) is 9.80. The van der Waals surface area contributed by atoms with Crippen molar-refractivity contribution in [1.82, 2.24) is 4.98 Å². The van der Waals surface area contributed by atoms with Gasteiger partial charge < -0.3 is 85.3 Å². The zero-order chi connectivity index (χ0) is 42.3. The summed E-state index contributed by atoms with van der Waals surface area (Å²) >= 11 is 0. The predicted octanol–water partition coefficient (Wildman–Crippen LogP) is -2.14. The van der Waals surface area contributed by atoms with Gasteiger partial charge in [-0.1, -0.05) is 13.0 Å². The number of pyridine rings is 1. The molecular weight excluding hydrogens is 776 g/mol. The summed E-state index contributed by atoms with van der Waals surface area (Å²) in [6, 6.07) is 6.23. The number of rotatable bonds is 11. The fourth-order valence-electron chi connectivity index (χ4n) is 6.62. The summed E-state index contributed by atoms with van der Waals surface area (Å²) in [7, 11) is 0. The van der Waals surface area contributed by atoms with E-state index in [-0.39, 0.29) is 57.8 Å². The number of aliphatic hydroxyl groups is 7. The lowest BCUT2D eigenvalue weighted by Crippen LogP contribution is -2.63.